The molecule has 1 aromatic carbocycles. The molecule has 0 saturated heterocycles. The molecule has 2 rings (SSSR count). The summed E-state index contributed by atoms with van der Waals surface area (Å²) in [4.78, 5) is 4.08. The van der Waals surface area contributed by atoms with Gasteiger partial charge in [0.25, 0.3) is 0 Å². The van der Waals surface area contributed by atoms with Crippen molar-refractivity contribution in [2.45, 2.75) is 18.8 Å². The predicted molar refractivity (Wildman–Crippen MR) is 82.8 cm³/mol. The lowest BCUT2D eigenvalue weighted by molar-refractivity contribution is 0.578. The second-order valence-electron chi connectivity index (χ2n) is 4.80. The van der Waals surface area contributed by atoms with Crippen LogP contribution in [0.15, 0.2) is 42.7 Å². The van der Waals surface area contributed by atoms with Gasteiger partial charge in [-0.1, -0.05) is 19.1 Å². The molecule has 0 amide bonds. The van der Waals surface area contributed by atoms with Gasteiger partial charge >= 0.3 is 0 Å². The Bertz CT molecular complexity index is 622. The van der Waals surface area contributed by atoms with Crippen LogP contribution in [0.5, 0.6) is 0 Å². The van der Waals surface area contributed by atoms with E-state index in [0.717, 1.165) is 11.1 Å². The molecule has 3 nitrogen and oxygen atoms in total. The second-order valence-corrected chi connectivity index (χ2v) is 4.80. The molecule has 0 saturated carbocycles. The van der Waals surface area contributed by atoms with Crippen LogP contribution in [-0.2, 0) is 0 Å². The van der Waals surface area contributed by atoms with Gasteiger partial charge in [0.05, 0.1) is 5.56 Å². The van der Waals surface area contributed by atoms with Crippen molar-refractivity contribution in [2.75, 3.05) is 6.54 Å². The lowest BCUT2D eigenvalue weighted by Crippen LogP contribution is -2.19. The first-order valence-electron chi connectivity index (χ1n) is 6.46. The van der Waals surface area contributed by atoms with Crippen LogP contribution in [0.25, 0.3) is 0 Å². The fourth-order valence-corrected chi connectivity index (χ4v) is 2.35. The molecule has 1 aromatic heterocycles. The molecule has 0 aliphatic rings. The van der Waals surface area contributed by atoms with Crippen LogP contribution in [0.3, 0.4) is 0 Å². The van der Waals surface area contributed by atoms with Gasteiger partial charge in [-0.2, -0.15) is 5.26 Å². The monoisotopic (exact) mass is 305 g/mol. The highest BCUT2D eigenvalue weighted by Gasteiger charge is 2.20. The largest absolute Gasteiger partial charge is 0.330 e. The smallest absolute Gasteiger partial charge is 0.123 e. The number of halogens is 2. The van der Waals surface area contributed by atoms with Crippen LogP contribution in [0.1, 0.15) is 35.4 Å². The van der Waals surface area contributed by atoms with Gasteiger partial charge < -0.3 is 5.73 Å². The minimum Gasteiger partial charge on any atom is -0.330 e. The zero-order valence-corrected chi connectivity index (χ0v) is 12.5. The van der Waals surface area contributed by atoms with Crippen LogP contribution < -0.4 is 5.73 Å². The van der Waals surface area contributed by atoms with Gasteiger partial charge in [0.15, 0.2) is 0 Å². The Hall–Kier alpha value is -1.96. The molecular weight excluding hydrogens is 289 g/mol. The minimum absolute atomic E-state index is 0. The van der Waals surface area contributed by atoms with Crippen LogP contribution >= 0.6 is 12.4 Å². The van der Waals surface area contributed by atoms with E-state index in [1.54, 1.807) is 18.3 Å². The van der Waals surface area contributed by atoms with Crippen molar-refractivity contribution in [2.24, 2.45) is 5.73 Å². The fraction of sp³-hybridized carbons (Fsp3) is 0.250. The van der Waals surface area contributed by atoms with Gasteiger partial charge in [0.1, 0.15) is 11.9 Å². The summed E-state index contributed by atoms with van der Waals surface area (Å²) in [7, 11) is 0. The normalized spacial score (nSPS) is 12.9. The number of nitrogens with two attached hydrogens (primary N) is 1. The summed E-state index contributed by atoms with van der Waals surface area (Å²) in [6.45, 7) is 2.49. The van der Waals surface area contributed by atoms with E-state index in [1.165, 1.54) is 18.3 Å². The average molecular weight is 306 g/mol. The summed E-state index contributed by atoms with van der Waals surface area (Å²) in [6.07, 6.45) is 3.26. The number of benzene rings is 1. The highest BCUT2D eigenvalue weighted by atomic mass is 35.5. The van der Waals surface area contributed by atoms with E-state index < -0.39 is 0 Å². The first-order valence-corrected chi connectivity index (χ1v) is 6.46. The van der Waals surface area contributed by atoms with Gasteiger partial charge in [0.2, 0.25) is 0 Å². The lowest BCUT2D eigenvalue weighted by Gasteiger charge is -2.23. The van der Waals surface area contributed by atoms with E-state index >= 15 is 0 Å². The van der Waals surface area contributed by atoms with E-state index in [4.69, 9.17) is 11.0 Å². The molecule has 0 fully saturated rings. The Labute approximate surface area is 130 Å². The molecule has 2 atom stereocenters. The lowest BCUT2D eigenvalue weighted by atomic mass is 9.83. The molecule has 0 spiro atoms. The zero-order valence-electron chi connectivity index (χ0n) is 11.7. The Balaban J connectivity index is 0.00000220. The third-order valence-electron chi connectivity index (χ3n) is 3.57. The van der Waals surface area contributed by atoms with Crippen molar-refractivity contribution in [3.8, 4) is 6.07 Å². The number of pyridine rings is 1. The van der Waals surface area contributed by atoms with E-state index in [-0.39, 0.29) is 30.1 Å². The maximum atomic E-state index is 13.0. The molecule has 2 unspecified atom stereocenters. The van der Waals surface area contributed by atoms with Crippen molar-refractivity contribution < 1.29 is 4.39 Å². The Morgan fingerprint density at radius 3 is 2.48 bits per heavy atom. The van der Waals surface area contributed by atoms with Crippen molar-refractivity contribution in [1.29, 1.82) is 5.26 Å². The molecule has 0 aliphatic carbocycles. The third kappa shape index (κ3) is 4.01. The van der Waals surface area contributed by atoms with Gasteiger partial charge in [-0.3, -0.25) is 4.98 Å². The molecule has 0 aliphatic heterocycles. The Morgan fingerprint density at radius 1 is 1.24 bits per heavy atom. The maximum Gasteiger partial charge on any atom is 0.123 e. The quantitative estimate of drug-likeness (QED) is 0.942. The van der Waals surface area contributed by atoms with Crippen molar-refractivity contribution in [3.63, 3.8) is 0 Å². The first kappa shape index (κ1) is 17.1. The van der Waals surface area contributed by atoms with Gasteiger partial charge in [0, 0.05) is 18.3 Å². The van der Waals surface area contributed by atoms with Gasteiger partial charge in [-0.25, -0.2) is 4.39 Å². The number of hydrogen-bond acceptors (Lipinski definition) is 3. The van der Waals surface area contributed by atoms with E-state index in [0.29, 0.717) is 12.1 Å². The molecule has 110 valence electrons. The highest BCUT2D eigenvalue weighted by Crippen LogP contribution is 2.31. The number of nitriles is 1. The average Bonchev–Trinajstić information content (AvgIpc) is 2.49. The fourth-order valence-electron chi connectivity index (χ4n) is 2.35. The van der Waals surface area contributed by atoms with Crippen LogP contribution in [0.2, 0.25) is 0 Å². The third-order valence-corrected chi connectivity index (χ3v) is 3.57. The van der Waals surface area contributed by atoms with Crippen molar-refractivity contribution in [3.05, 3.63) is 65.2 Å². The standard InChI is InChI=1S/C16H16FN3.ClH/c1-11(13-2-4-15(17)5-3-13)16(8-19)14-6-12(7-18)9-20-10-14;/h2-6,9-11,16H,8,19H2,1H3;1H. The molecule has 21 heavy (non-hydrogen) atoms. The molecule has 2 N–H and O–H groups in total. The second kappa shape index (κ2) is 7.72. The van der Waals surface area contributed by atoms with E-state index in [1.807, 2.05) is 13.0 Å². The molecule has 0 radical (unpaired) electrons. The molecule has 5 heteroatoms. The topological polar surface area (TPSA) is 62.7 Å². The number of rotatable bonds is 4. The molecular formula is C16H17ClFN3. The number of aromatic nitrogens is 1. The molecule has 1 heterocycles. The Morgan fingerprint density at radius 2 is 1.90 bits per heavy atom. The zero-order chi connectivity index (χ0) is 14.5. The van der Waals surface area contributed by atoms with Gasteiger partial charge in [-0.15, -0.1) is 12.4 Å². The Kier molecular flexibility index (Phi) is 6.29. The van der Waals surface area contributed by atoms with Crippen LogP contribution in [-0.4, -0.2) is 11.5 Å². The number of hydrogen-bond donors (Lipinski definition) is 1. The van der Waals surface area contributed by atoms with Crippen molar-refractivity contribution >= 4 is 12.4 Å². The van der Waals surface area contributed by atoms with E-state index in [2.05, 4.69) is 11.1 Å². The molecule has 0 bridgehead atoms. The molecule has 2 aromatic rings. The van der Waals surface area contributed by atoms with E-state index in [9.17, 15) is 4.39 Å². The summed E-state index contributed by atoms with van der Waals surface area (Å²) in [5, 5.41) is 8.94. The SMILES string of the molecule is CC(c1ccc(F)cc1)C(CN)c1cncc(C#N)c1.Cl. The summed E-state index contributed by atoms with van der Waals surface area (Å²) >= 11 is 0. The minimum atomic E-state index is -0.251. The summed E-state index contributed by atoms with van der Waals surface area (Å²) in [6, 6.07) is 10.3. The first-order chi connectivity index (χ1) is 9.65. The van der Waals surface area contributed by atoms with Crippen LogP contribution in [0, 0.1) is 17.1 Å². The highest BCUT2D eigenvalue weighted by molar-refractivity contribution is 5.85. The summed E-state index contributed by atoms with van der Waals surface area (Å²) in [5.74, 6) is -0.0870. The van der Waals surface area contributed by atoms with Gasteiger partial charge in [-0.05, 0) is 41.8 Å². The summed E-state index contributed by atoms with van der Waals surface area (Å²) in [5.41, 5.74) is 8.35. The summed E-state index contributed by atoms with van der Waals surface area (Å²) < 4.78 is 13.0. The van der Waals surface area contributed by atoms with Crippen molar-refractivity contribution in [1.82, 2.24) is 4.98 Å². The number of nitrogens with zero attached hydrogens (tertiary/aromatic N) is 2. The maximum absolute atomic E-state index is 13.0. The van der Waals surface area contributed by atoms with Crippen LogP contribution in [0.4, 0.5) is 4.39 Å². The predicted octanol–water partition coefficient (Wildman–Crippen LogP) is 3.36.